The molecule has 0 aliphatic heterocycles. The summed E-state index contributed by atoms with van der Waals surface area (Å²) >= 11 is 5.75. The monoisotopic (exact) mass is 605 g/mol. The van der Waals surface area contributed by atoms with Crippen LogP contribution in [0.5, 0.6) is 0 Å². The molecule has 0 spiro atoms. The Labute approximate surface area is 265 Å². The average molecular weight is 606 g/mol. The van der Waals surface area contributed by atoms with Gasteiger partial charge in [0, 0.05) is 22.6 Å². The summed E-state index contributed by atoms with van der Waals surface area (Å²) in [6.07, 6.45) is 9.96. The van der Waals surface area contributed by atoms with Crippen molar-refractivity contribution in [3.05, 3.63) is 77.1 Å². The first kappa shape index (κ1) is 46.4. The van der Waals surface area contributed by atoms with E-state index in [2.05, 4.69) is 53.1 Å². The van der Waals surface area contributed by atoms with Crippen molar-refractivity contribution >= 4 is 28.9 Å². The van der Waals surface area contributed by atoms with Gasteiger partial charge in [-0.3, -0.25) is 9.59 Å². The molecule has 0 radical (unpaired) electrons. The van der Waals surface area contributed by atoms with E-state index >= 15 is 0 Å². The van der Waals surface area contributed by atoms with Crippen molar-refractivity contribution in [2.45, 2.75) is 134 Å². The van der Waals surface area contributed by atoms with Crippen molar-refractivity contribution in [2.75, 3.05) is 6.61 Å². The molecule has 1 rings (SSSR count). The number of halogens is 1. The third kappa shape index (κ3) is 33.6. The summed E-state index contributed by atoms with van der Waals surface area (Å²) in [4.78, 5) is 22.1. The van der Waals surface area contributed by atoms with Crippen molar-refractivity contribution in [2.24, 2.45) is 0 Å². The summed E-state index contributed by atoms with van der Waals surface area (Å²) in [5.74, 6) is 0.834. The minimum Gasteiger partial charge on any atom is -0.494 e. The number of carbonyl (C=O) groups excluding carboxylic acids is 2. The molecule has 242 valence electrons. The topological polar surface area (TPSA) is 55.4 Å². The van der Waals surface area contributed by atoms with Gasteiger partial charge in [0.25, 0.3) is 0 Å². The fourth-order valence-corrected chi connectivity index (χ4v) is 2.69. The lowest BCUT2D eigenvalue weighted by Gasteiger charge is -2.19. The van der Waals surface area contributed by atoms with Crippen LogP contribution in [0.2, 0.25) is 5.02 Å². The molecule has 0 unspecified atom stereocenters. The van der Waals surface area contributed by atoms with Crippen molar-refractivity contribution < 1.29 is 14.3 Å². The highest BCUT2D eigenvalue weighted by Crippen LogP contribution is 2.16. The van der Waals surface area contributed by atoms with E-state index in [9.17, 15) is 9.59 Å². The highest BCUT2D eigenvalue weighted by atomic mass is 35.5. The number of amides is 1. The number of benzene rings is 1. The molecule has 1 N–H and O–H groups in total. The Morgan fingerprint density at radius 2 is 1.48 bits per heavy atom. The number of ether oxygens (including phenoxy) is 1. The fraction of sp³-hybridized carbons (Fsp3) is 0.568. The standard InChI is InChI=1S/C14H22O2.C9H9Cl.C7H15NO.C4H10.C3H8/c1-6-8-9-16-13(7-2)10-14(11(3)4)12(5)15;1-7(2)8-4-3-5-9(10)6-8;1-5-6(9)8-7(2,3)4;1-3-4-2;1-3-2/h7,10H,2,6,8-9H2,1,3-5H3;3-6H,1H2,2H3;5H2,1-4H3,(H,8,9);3-4H2,1-2H3;3H2,1-2H3/b13-10+;;;;. The molecule has 0 aliphatic carbocycles. The maximum absolute atomic E-state index is 11.4. The van der Waals surface area contributed by atoms with Crippen molar-refractivity contribution in [3.8, 4) is 0 Å². The first-order valence-electron chi connectivity index (χ1n) is 15.4. The summed E-state index contributed by atoms with van der Waals surface area (Å²) < 4.78 is 5.52. The van der Waals surface area contributed by atoms with Crippen LogP contribution >= 0.6 is 11.6 Å². The first-order chi connectivity index (χ1) is 19.5. The second kappa shape index (κ2) is 29.9. The van der Waals surface area contributed by atoms with Crippen LogP contribution in [-0.2, 0) is 14.3 Å². The summed E-state index contributed by atoms with van der Waals surface area (Å²) in [6.45, 7) is 34.0. The van der Waals surface area contributed by atoms with E-state index in [0.29, 0.717) is 24.4 Å². The molecule has 5 heteroatoms. The zero-order chi connectivity index (χ0) is 33.7. The van der Waals surface area contributed by atoms with Gasteiger partial charge >= 0.3 is 0 Å². The lowest BCUT2D eigenvalue weighted by molar-refractivity contribution is -0.122. The van der Waals surface area contributed by atoms with Gasteiger partial charge < -0.3 is 10.1 Å². The maximum atomic E-state index is 11.4. The molecule has 0 bridgehead atoms. The molecule has 4 nitrogen and oxygen atoms in total. The molecule has 0 fully saturated rings. The van der Waals surface area contributed by atoms with E-state index in [0.717, 1.165) is 34.6 Å². The molecule has 0 saturated carbocycles. The van der Waals surface area contributed by atoms with Gasteiger partial charge in [0.05, 0.1) is 6.61 Å². The van der Waals surface area contributed by atoms with Crippen LogP contribution in [0.3, 0.4) is 0 Å². The smallest absolute Gasteiger partial charge is 0.220 e. The third-order valence-corrected chi connectivity index (χ3v) is 5.06. The highest BCUT2D eigenvalue weighted by Gasteiger charge is 2.11. The second-order valence-corrected chi connectivity index (χ2v) is 11.5. The number of nitrogens with one attached hydrogen (secondary N) is 1. The number of Topliss-reactive ketones (excluding diaryl/α,β-unsaturated/α-hetero) is 1. The number of hydrogen-bond donors (Lipinski definition) is 1. The molecular formula is C37H64ClNO3. The molecule has 0 saturated heterocycles. The number of allylic oxidation sites excluding steroid dienone is 5. The number of carbonyl (C=O) groups is 2. The van der Waals surface area contributed by atoms with E-state index in [1.165, 1.54) is 19.3 Å². The van der Waals surface area contributed by atoms with Crippen LogP contribution < -0.4 is 5.32 Å². The van der Waals surface area contributed by atoms with Gasteiger partial charge in [0.2, 0.25) is 5.91 Å². The van der Waals surface area contributed by atoms with Crippen LogP contribution in [-0.4, -0.2) is 23.8 Å². The van der Waals surface area contributed by atoms with Gasteiger partial charge in [0.15, 0.2) is 5.78 Å². The molecular weight excluding hydrogens is 542 g/mol. The van der Waals surface area contributed by atoms with Crippen LogP contribution in [0.25, 0.3) is 5.57 Å². The fourth-order valence-electron chi connectivity index (χ4n) is 2.49. The SMILES string of the molecule is C=C(C)c1cccc(Cl)c1.C=C/C(=C\C(C(C)=O)=C(C)C)OCCCC.CCC.CCC(=O)NC(C)(C)C.CCCC. The predicted octanol–water partition coefficient (Wildman–Crippen LogP) is 11.7. The minimum atomic E-state index is -0.0763. The van der Waals surface area contributed by atoms with Crippen LogP contribution in [0.1, 0.15) is 134 Å². The number of rotatable bonds is 10. The molecule has 1 aromatic rings. The average Bonchev–Trinajstić information content (AvgIpc) is 2.90. The van der Waals surface area contributed by atoms with Crippen molar-refractivity contribution in [3.63, 3.8) is 0 Å². The van der Waals surface area contributed by atoms with Crippen LogP contribution in [0.15, 0.2) is 66.5 Å². The Balaban J connectivity index is -0.000000240. The number of ketones is 1. The van der Waals surface area contributed by atoms with Gasteiger partial charge in [-0.2, -0.15) is 0 Å². The molecule has 0 atom stereocenters. The Morgan fingerprint density at radius 1 is 0.952 bits per heavy atom. The lowest BCUT2D eigenvalue weighted by atomic mass is 10.1. The Kier molecular flexibility index (Phi) is 33.0. The first-order valence-corrected chi connectivity index (χ1v) is 15.8. The quantitative estimate of drug-likeness (QED) is 0.125. The van der Waals surface area contributed by atoms with E-state index in [4.69, 9.17) is 16.3 Å². The Morgan fingerprint density at radius 3 is 1.74 bits per heavy atom. The van der Waals surface area contributed by atoms with Gasteiger partial charge in [-0.25, -0.2) is 0 Å². The molecule has 0 aliphatic rings. The van der Waals surface area contributed by atoms with E-state index in [-0.39, 0.29) is 17.2 Å². The second-order valence-electron chi connectivity index (χ2n) is 11.1. The van der Waals surface area contributed by atoms with E-state index in [1.807, 2.05) is 72.7 Å². The largest absolute Gasteiger partial charge is 0.494 e. The molecule has 1 amide bonds. The zero-order valence-electron chi connectivity index (χ0n) is 29.4. The van der Waals surface area contributed by atoms with E-state index < -0.39 is 0 Å². The molecule has 0 heterocycles. The highest BCUT2D eigenvalue weighted by molar-refractivity contribution is 6.30. The molecule has 0 aromatic heterocycles. The molecule has 42 heavy (non-hydrogen) atoms. The van der Waals surface area contributed by atoms with E-state index in [1.54, 1.807) is 19.1 Å². The van der Waals surface area contributed by atoms with Crippen LogP contribution in [0.4, 0.5) is 0 Å². The van der Waals surface area contributed by atoms with Crippen molar-refractivity contribution in [1.29, 1.82) is 0 Å². The summed E-state index contributed by atoms with van der Waals surface area (Å²) in [7, 11) is 0. The molecule has 1 aromatic carbocycles. The minimum absolute atomic E-state index is 0.0541. The van der Waals surface area contributed by atoms with Crippen LogP contribution in [0, 0.1) is 0 Å². The number of unbranched alkanes of at least 4 members (excludes halogenated alkanes) is 2. The summed E-state index contributed by atoms with van der Waals surface area (Å²) in [6, 6.07) is 7.68. The Hall–Kier alpha value is -2.59. The van der Waals surface area contributed by atoms with Gasteiger partial charge in [-0.15, -0.1) is 0 Å². The zero-order valence-corrected chi connectivity index (χ0v) is 30.2. The van der Waals surface area contributed by atoms with Gasteiger partial charge in [-0.1, -0.05) is 115 Å². The predicted molar refractivity (Wildman–Crippen MR) is 189 cm³/mol. The van der Waals surface area contributed by atoms with Gasteiger partial charge in [0.1, 0.15) is 5.76 Å². The maximum Gasteiger partial charge on any atom is 0.220 e. The Bertz CT molecular complexity index is 931. The van der Waals surface area contributed by atoms with Gasteiger partial charge in [-0.05, 0) is 84.7 Å². The lowest BCUT2D eigenvalue weighted by Crippen LogP contribution is -2.40. The number of hydrogen-bond acceptors (Lipinski definition) is 3. The summed E-state index contributed by atoms with van der Waals surface area (Å²) in [5, 5.41) is 3.59. The van der Waals surface area contributed by atoms with Crippen molar-refractivity contribution in [1.82, 2.24) is 5.32 Å². The summed E-state index contributed by atoms with van der Waals surface area (Å²) in [5.41, 5.74) is 3.76. The normalized spacial score (nSPS) is 9.90. The third-order valence-electron chi connectivity index (χ3n) is 4.83.